The predicted molar refractivity (Wildman–Crippen MR) is 49.3 cm³/mol. The number of benzene rings is 1. The molecule has 0 unspecified atom stereocenters. The van der Waals surface area contributed by atoms with Gasteiger partial charge in [0.15, 0.2) is 5.75 Å². The molecule has 0 heterocycles. The molecule has 0 fully saturated rings. The van der Waals surface area contributed by atoms with Gasteiger partial charge in [-0.15, -0.1) is 0 Å². The number of nitro benzene ring substituents is 1. The van der Waals surface area contributed by atoms with Gasteiger partial charge in [0.2, 0.25) is 0 Å². The Balaban J connectivity index is 3.57. The molecule has 0 aliphatic heterocycles. The molecule has 15 heavy (non-hydrogen) atoms. The Labute approximate surface area is 84.9 Å². The lowest BCUT2D eigenvalue weighted by molar-refractivity contribution is -0.386. The van der Waals surface area contributed by atoms with Gasteiger partial charge in [0.1, 0.15) is 4.90 Å². The minimum absolute atomic E-state index is 0.00294. The average Bonchev–Trinajstić information content (AvgIpc) is 2.06. The maximum atomic E-state index is 10.7. The van der Waals surface area contributed by atoms with E-state index in [1.807, 2.05) is 0 Å². The van der Waals surface area contributed by atoms with Crippen molar-refractivity contribution in [2.45, 2.75) is 11.8 Å². The zero-order valence-corrected chi connectivity index (χ0v) is 8.35. The van der Waals surface area contributed by atoms with Crippen LogP contribution in [0.3, 0.4) is 0 Å². The molecule has 0 saturated heterocycles. The molecule has 0 aliphatic carbocycles. The van der Waals surface area contributed by atoms with E-state index in [0.29, 0.717) is 6.07 Å². The number of phenols is 1. The molecule has 1 aromatic rings. The van der Waals surface area contributed by atoms with Gasteiger partial charge in [-0.05, 0) is 18.6 Å². The SMILES string of the molecule is Cc1cc(S(=O)(=O)O)cc([N+](=O)[O-])c1O. The Bertz CT molecular complexity index is 521. The van der Waals surface area contributed by atoms with E-state index in [4.69, 9.17) is 4.55 Å². The van der Waals surface area contributed by atoms with Gasteiger partial charge in [-0.3, -0.25) is 14.7 Å². The summed E-state index contributed by atoms with van der Waals surface area (Å²) in [4.78, 5) is 8.87. The molecule has 7 nitrogen and oxygen atoms in total. The van der Waals surface area contributed by atoms with Crippen LogP contribution < -0.4 is 0 Å². The monoisotopic (exact) mass is 233 g/mol. The first kappa shape index (κ1) is 11.4. The summed E-state index contributed by atoms with van der Waals surface area (Å²) >= 11 is 0. The Morgan fingerprint density at radius 2 is 1.93 bits per heavy atom. The van der Waals surface area contributed by atoms with Crippen molar-refractivity contribution in [3.8, 4) is 5.75 Å². The van der Waals surface area contributed by atoms with Crippen LogP contribution in [0, 0.1) is 17.0 Å². The molecule has 0 aliphatic rings. The van der Waals surface area contributed by atoms with Gasteiger partial charge in [-0.2, -0.15) is 8.42 Å². The van der Waals surface area contributed by atoms with Crippen LogP contribution >= 0.6 is 0 Å². The van der Waals surface area contributed by atoms with Crippen molar-refractivity contribution in [2.75, 3.05) is 0 Å². The lowest BCUT2D eigenvalue weighted by atomic mass is 10.2. The number of hydrogen-bond acceptors (Lipinski definition) is 5. The molecule has 0 saturated carbocycles. The third kappa shape index (κ3) is 2.22. The Morgan fingerprint density at radius 3 is 2.33 bits per heavy atom. The van der Waals surface area contributed by atoms with Gasteiger partial charge in [0.05, 0.1) is 4.92 Å². The highest BCUT2D eigenvalue weighted by Gasteiger charge is 2.21. The molecular formula is C7H7NO6S. The molecular weight excluding hydrogens is 226 g/mol. The van der Waals surface area contributed by atoms with E-state index >= 15 is 0 Å². The van der Waals surface area contributed by atoms with Crippen molar-refractivity contribution in [2.24, 2.45) is 0 Å². The van der Waals surface area contributed by atoms with E-state index in [2.05, 4.69) is 0 Å². The fraction of sp³-hybridized carbons (Fsp3) is 0.143. The summed E-state index contributed by atoms with van der Waals surface area (Å²) in [6.45, 7) is 1.29. The van der Waals surface area contributed by atoms with E-state index < -0.39 is 31.4 Å². The van der Waals surface area contributed by atoms with E-state index in [-0.39, 0.29) is 5.56 Å². The number of rotatable bonds is 2. The van der Waals surface area contributed by atoms with Gasteiger partial charge >= 0.3 is 5.69 Å². The largest absolute Gasteiger partial charge is 0.502 e. The second kappa shape index (κ2) is 3.48. The van der Waals surface area contributed by atoms with E-state index in [1.54, 1.807) is 0 Å². The summed E-state index contributed by atoms with van der Waals surface area (Å²) in [6, 6.07) is 1.54. The summed E-state index contributed by atoms with van der Waals surface area (Å²) in [6.07, 6.45) is 0. The Hall–Kier alpha value is -1.67. The van der Waals surface area contributed by atoms with Crippen molar-refractivity contribution in [1.29, 1.82) is 0 Å². The second-order valence-electron chi connectivity index (χ2n) is 2.84. The topological polar surface area (TPSA) is 118 Å². The van der Waals surface area contributed by atoms with Crippen LogP contribution in [0.15, 0.2) is 17.0 Å². The smallest absolute Gasteiger partial charge is 0.312 e. The molecule has 2 N–H and O–H groups in total. The fourth-order valence-corrected chi connectivity index (χ4v) is 1.60. The van der Waals surface area contributed by atoms with Crippen molar-refractivity contribution in [3.05, 3.63) is 27.8 Å². The number of aromatic hydroxyl groups is 1. The minimum atomic E-state index is -4.51. The summed E-state index contributed by atoms with van der Waals surface area (Å²) in [5.74, 6) is -0.618. The number of hydrogen-bond donors (Lipinski definition) is 2. The highest BCUT2D eigenvalue weighted by Crippen LogP contribution is 2.32. The van der Waals surface area contributed by atoms with Crippen LogP contribution in [0.1, 0.15) is 5.56 Å². The second-order valence-corrected chi connectivity index (χ2v) is 4.26. The minimum Gasteiger partial charge on any atom is -0.502 e. The number of aryl methyl sites for hydroxylation is 1. The first-order valence-corrected chi connectivity index (χ1v) is 5.13. The van der Waals surface area contributed by atoms with Gasteiger partial charge < -0.3 is 5.11 Å². The molecule has 1 aromatic carbocycles. The van der Waals surface area contributed by atoms with Gasteiger partial charge in [0, 0.05) is 6.07 Å². The molecule has 1 rings (SSSR count). The highest BCUT2D eigenvalue weighted by molar-refractivity contribution is 7.85. The van der Waals surface area contributed by atoms with Gasteiger partial charge in [-0.25, -0.2) is 0 Å². The van der Waals surface area contributed by atoms with Crippen molar-refractivity contribution in [3.63, 3.8) is 0 Å². The molecule has 82 valence electrons. The lowest BCUT2D eigenvalue weighted by Crippen LogP contribution is -2.00. The predicted octanol–water partition coefficient (Wildman–Crippen LogP) is 0.856. The van der Waals surface area contributed by atoms with Crippen molar-refractivity contribution < 1.29 is 23.0 Å². The lowest BCUT2D eigenvalue weighted by Gasteiger charge is -2.02. The van der Waals surface area contributed by atoms with Crippen LogP contribution in [0.4, 0.5) is 5.69 Å². The van der Waals surface area contributed by atoms with Gasteiger partial charge in [0.25, 0.3) is 10.1 Å². The average molecular weight is 233 g/mol. The quantitative estimate of drug-likeness (QED) is 0.444. The van der Waals surface area contributed by atoms with Crippen LogP contribution in [-0.4, -0.2) is 23.0 Å². The van der Waals surface area contributed by atoms with Crippen LogP contribution in [0.25, 0.3) is 0 Å². The van der Waals surface area contributed by atoms with Crippen LogP contribution in [-0.2, 0) is 10.1 Å². The molecule has 0 bridgehead atoms. The Morgan fingerprint density at radius 1 is 1.40 bits per heavy atom. The van der Waals surface area contributed by atoms with E-state index in [9.17, 15) is 23.6 Å². The molecule has 0 atom stereocenters. The highest BCUT2D eigenvalue weighted by atomic mass is 32.2. The third-order valence-electron chi connectivity index (χ3n) is 1.75. The number of nitro groups is 1. The number of nitrogens with zero attached hydrogens (tertiary/aromatic N) is 1. The first-order valence-electron chi connectivity index (χ1n) is 3.69. The molecule has 8 heteroatoms. The fourth-order valence-electron chi connectivity index (χ4n) is 1.02. The van der Waals surface area contributed by atoms with Crippen LogP contribution in [0.2, 0.25) is 0 Å². The maximum Gasteiger partial charge on any atom is 0.312 e. The molecule has 0 aromatic heterocycles. The first-order chi connectivity index (χ1) is 6.73. The zero-order chi connectivity index (χ0) is 11.8. The third-order valence-corrected chi connectivity index (χ3v) is 2.58. The zero-order valence-electron chi connectivity index (χ0n) is 7.54. The standard InChI is InChI=1S/C7H7NO6S/c1-4-2-5(15(12,13)14)3-6(7(4)9)8(10)11/h2-3,9H,1H3,(H,12,13,14). The summed E-state index contributed by atoms with van der Waals surface area (Å²) in [7, 11) is -4.51. The van der Waals surface area contributed by atoms with Crippen LogP contribution in [0.5, 0.6) is 5.75 Å². The molecule has 0 radical (unpaired) electrons. The maximum absolute atomic E-state index is 10.7. The summed E-state index contributed by atoms with van der Waals surface area (Å²) in [5.41, 5.74) is -0.764. The molecule has 0 amide bonds. The van der Waals surface area contributed by atoms with E-state index in [0.717, 1.165) is 6.07 Å². The summed E-state index contributed by atoms with van der Waals surface area (Å²) < 4.78 is 30.1. The molecule has 0 spiro atoms. The van der Waals surface area contributed by atoms with Crippen molar-refractivity contribution in [1.82, 2.24) is 0 Å². The van der Waals surface area contributed by atoms with Gasteiger partial charge in [-0.1, -0.05) is 0 Å². The Kier molecular flexibility index (Phi) is 2.65. The number of phenolic OH excluding ortho intramolecular Hbond substituents is 1. The summed E-state index contributed by atoms with van der Waals surface area (Å²) in [5, 5.41) is 19.7. The van der Waals surface area contributed by atoms with E-state index in [1.165, 1.54) is 6.92 Å². The van der Waals surface area contributed by atoms with Crippen molar-refractivity contribution >= 4 is 15.8 Å². The normalized spacial score (nSPS) is 11.3.